The number of hydrogen-bond acceptors (Lipinski definition) is 5. The number of nitrogens with zero attached hydrogens (tertiary/aromatic N) is 4. The van der Waals surface area contributed by atoms with Crippen LogP contribution in [-0.4, -0.2) is 53.9 Å². The summed E-state index contributed by atoms with van der Waals surface area (Å²) in [5.74, 6) is 0. The Hall–Kier alpha value is -2.68. The third-order valence-electron chi connectivity index (χ3n) is 6.14. The number of anilines is 1. The van der Waals surface area contributed by atoms with E-state index < -0.39 is 15.3 Å². The molecule has 0 spiro atoms. The molecular formula is C25H29ClN4O3S. The third kappa shape index (κ3) is 5.04. The van der Waals surface area contributed by atoms with E-state index in [1.54, 1.807) is 44.3 Å². The minimum Gasteiger partial charge on any atom is -0.367 e. The Labute approximate surface area is 205 Å². The van der Waals surface area contributed by atoms with Crippen LogP contribution in [0.15, 0.2) is 59.5 Å². The molecule has 1 aliphatic heterocycles. The zero-order chi connectivity index (χ0) is 24.5. The summed E-state index contributed by atoms with van der Waals surface area (Å²) in [6, 6.07) is 15.1. The van der Waals surface area contributed by atoms with E-state index in [4.69, 9.17) is 11.6 Å². The molecule has 0 saturated carbocycles. The molecule has 1 saturated heterocycles. The van der Waals surface area contributed by atoms with Gasteiger partial charge in [-0.3, -0.25) is 4.79 Å². The lowest BCUT2D eigenvalue weighted by atomic mass is 10.0. The number of aryl methyl sites for hydroxylation is 1. The van der Waals surface area contributed by atoms with Crippen LogP contribution in [0.2, 0.25) is 5.02 Å². The van der Waals surface area contributed by atoms with Gasteiger partial charge in [-0.15, -0.1) is 0 Å². The molecular weight excluding hydrogens is 472 g/mol. The van der Waals surface area contributed by atoms with Crippen LogP contribution in [0.25, 0.3) is 5.69 Å². The van der Waals surface area contributed by atoms with Crippen LogP contribution in [0.3, 0.4) is 0 Å². The number of halogens is 1. The molecule has 2 aromatic carbocycles. The van der Waals surface area contributed by atoms with Crippen LogP contribution in [-0.2, 0) is 16.4 Å². The van der Waals surface area contributed by atoms with Crippen molar-refractivity contribution in [2.24, 2.45) is 0 Å². The topological polar surface area (TPSA) is 75.5 Å². The molecule has 0 bridgehead atoms. The zero-order valence-corrected chi connectivity index (χ0v) is 21.2. The quantitative estimate of drug-likeness (QED) is 0.516. The van der Waals surface area contributed by atoms with Gasteiger partial charge in [0.05, 0.1) is 22.8 Å². The summed E-state index contributed by atoms with van der Waals surface area (Å²) < 4.78 is 28.1. The fraction of sp³-hybridized carbons (Fsp3) is 0.360. The van der Waals surface area contributed by atoms with Crippen molar-refractivity contribution in [1.29, 1.82) is 0 Å². The maximum atomic E-state index is 13.7. The molecule has 0 N–H and O–H groups in total. The lowest BCUT2D eigenvalue weighted by Gasteiger charge is -2.36. The first-order valence-electron chi connectivity index (χ1n) is 11.3. The highest BCUT2D eigenvalue weighted by Crippen LogP contribution is 2.24. The van der Waals surface area contributed by atoms with E-state index in [-0.39, 0.29) is 5.56 Å². The van der Waals surface area contributed by atoms with Gasteiger partial charge in [0, 0.05) is 43.2 Å². The van der Waals surface area contributed by atoms with Crippen molar-refractivity contribution in [3.63, 3.8) is 0 Å². The van der Waals surface area contributed by atoms with Gasteiger partial charge in [0.1, 0.15) is 0 Å². The van der Waals surface area contributed by atoms with Crippen LogP contribution in [0.5, 0.6) is 0 Å². The van der Waals surface area contributed by atoms with Crippen molar-refractivity contribution in [2.45, 2.75) is 32.4 Å². The van der Waals surface area contributed by atoms with Crippen LogP contribution >= 0.6 is 11.6 Å². The van der Waals surface area contributed by atoms with Crippen molar-refractivity contribution in [1.82, 2.24) is 14.1 Å². The predicted octanol–water partition coefficient (Wildman–Crippen LogP) is 3.65. The molecule has 180 valence electrons. The van der Waals surface area contributed by atoms with Crippen LogP contribution < -0.4 is 10.5 Å². The van der Waals surface area contributed by atoms with Gasteiger partial charge in [-0.1, -0.05) is 47.5 Å². The summed E-state index contributed by atoms with van der Waals surface area (Å²) in [7, 11) is -3.31. The summed E-state index contributed by atoms with van der Waals surface area (Å²) in [5, 5.41) is 4.52. The largest absolute Gasteiger partial charge is 0.367 e. The predicted molar refractivity (Wildman–Crippen MR) is 137 cm³/mol. The second-order valence-corrected chi connectivity index (χ2v) is 11.8. The van der Waals surface area contributed by atoms with Gasteiger partial charge in [-0.05, 0) is 44.5 Å². The lowest BCUT2D eigenvalue weighted by molar-refractivity contribution is 0.380. The molecule has 0 atom stereocenters. The number of aromatic nitrogens is 2. The maximum absolute atomic E-state index is 13.7. The minimum absolute atomic E-state index is 0.211. The number of hydrogen-bond donors (Lipinski definition) is 0. The number of rotatable bonds is 6. The highest BCUT2D eigenvalue weighted by Gasteiger charge is 2.30. The average Bonchev–Trinajstić information content (AvgIpc) is 2.81. The molecule has 9 heteroatoms. The Morgan fingerprint density at radius 1 is 1.03 bits per heavy atom. The van der Waals surface area contributed by atoms with E-state index in [9.17, 15) is 13.2 Å². The Balaban J connectivity index is 1.71. The van der Waals surface area contributed by atoms with Gasteiger partial charge in [0.25, 0.3) is 5.56 Å². The first kappa shape index (κ1) is 24.4. The number of piperazine rings is 1. The summed E-state index contributed by atoms with van der Waals surface area (Å²) in [4.78, 5) is 15.7. The van der Waals surface area contributed by atoms with Gasteiger partial charge >= 0.3 is 0 Å². The lowest BCUT2D eigenvalue weighted by Crippen LogP contribution is -2.51. The van der Waals surface area contributed by atoms with Crippen molar-refractivity contribution >= 4 is 27.3 Å². The maximum Gasteiger partial charge on any atom is 0.277 e. The number of benzene rings is 2. The molecule has 7 nitrogen and oxygen atoms in total. The molecule has 2 heterocycles. The monoisotopic (exact) mass is 500 g/mol. The van der Waals surface area contributed by atoms with E-state index in [0.717, 1.165) is 16.8 Å². The standard InChI is InChI=1S/C25H29ClN4O3S/c1-18(2)34(32,33)29-13-11-28(12-14-29)24-17-27-30(22-6-4-5-21(26)16-22)25(31)23(24)15-20-9-7-19(3)8-10-20/h4-10,16-18H,11-15H2,1-3H3. The Morgan fingerprint density at radius 2 is 1.71 bits per heavy atom. The average molecular weight is 501 g/mol. The highest BCUT2D eigenvalue weighted by atomic mass is 35.5. The highest BCUT2D eigenvalue weighted by molar-refractivity contribution is 7.89. The molecule has 1 aliphatic rings. The Morgan fingerprint density at radius 3 is 2.32 bits per heavy atom. The molecule has 0 amide bonds. The smallest absolute Gasteiger partial charge is 0.277 e. The molecule has 34 heavy (non-hydrogen) atoms. The van der Waals surface area contributed by atoms with Gasteiger partial charge in [-0.2, -0.15) is 14.1 Å². The van der Waals surface area contributed by atoms with Crippen molar-refractivity contribution in [3.8, 4) is 5.69 Å². The van der Waals surface area contributed by atoms with E-state index in [1.165, 1.54) is 8.99 Å². The van der Waals surface area contributed by atoms with Gasteiger partial charge < -0.3 is 4.90 Å². The molecule has 1 aromatic heterocycles. The first-order chi connectivity index (χ1) is 16.2. The third-order valence-corrected chi connectivity index (χ3v) is 8.66. The van der Waals surface area contributed by atoms with E-state index in [0.29, 0.717) is 48.9 Å². The first-order valence-corrected chi connectivity index (χ1v) is 13.2. The normalized spacial score (nSPS) is 15.1. The van der Waals surface area contributed by atoms with E-state index in [2.05, 4.69) is 10.00 Å². The van der Waals surface area contributed by atoms with E-state index in [1.807, 2.05) is 31.2 Å². The summed E-state index contributed by atoms with van der Waals surface area (Å²) in [6.45, 7) is 7.16. The van der Waals surface area contributed by atoms with Crippen LogP contribution in [0.1, 0.15) is 30.5 Å². The van der Waals surface area contributed by atoms with E-state index >= 15 is 0 Å². The summed E-state index contributed by atoms with van der Waals surface area (Å²) >= 11 is 6.15. The Bertz CT molecular complexity index is 1330. The second-order valence-electron chi connectivity index (χ2n) is 8.85. The fourth-order valence-corrected chi connectivity index (χ4v) is 5.56. The second kappa shape index (κ2) is 9.90. The minimum atomic E-state index is -3.31. The molecule has 3 aromatic rings. The molecule has 0 unspecified atom stereocenters. The van der Waals surface area contributed by atoms with Gasteiger partial charge in [0.15, 0.2) is 0 Å². The summed E-state index contributed by atoms with van der Waals surface area (Å²) in [6.07, 6.45) is 2.15. The van der Waals surface area contributed by atoms with Crippen molar-refractivity contribution < 1.29 is 8.42 Å². The molecule has 0 radical (unpaired) electrons. The van der Waals surface area contributed by atoms with Crippen LogP contribution in [0, 0.1) is 6.92 Å². The van der Waals surface area contributed by atoms with Crippen molar-refractivity contribution in [3.05, 3.63) is 86.8 Å². The number of sulfonamides is 1. The van der Waals surface area contributed by atoms with Crippen LogP contribution in [0.4, 0.5) is 5.69 Å². The zero-order valence-electron chi connectivity index (χ0n) is 19.6. The Kier molecular flexibility index (Phi) is 7.12. The SMILES string of the molecule is Cc1ccc(Cc2c(N3CCN(S(=O)(=O)C(C)C)CC3)cnn(-c3cccc(Cl)c3)c2=O)cc1. The molecule has 0 aliphatic carbocycles. The van der Waals surface area contributed by atoms with Gasteiger partial charge in [0.2, 0.25) is 10.0 Å². The summed E-state index contributed by atoms with van der Waals surface area (Å²) in [5.41, 5.74) is 3.93. The van der Waals surface area contributed by atoms with Crippen molar-refractivity contribution in [2.75, 3.05) is 31.1 Å². The van der Waals surface area contributed by atoms with Gasteiger partial charge in [-0.25, -0.2) is 8.42 Å². The fourth-order valence-electron chi connectivity index (χ4n) is 4.10. The molecule has 4 rings (SSSR count). The molecule has 1 fully saturated rings.